The first-order chi connectivity index (χ1) is 9.81. The minimum atomic E-state index is 0.180. The van der Waals surface area contributed by atoms with Crippen molar-refractivity contribution in [2.45, 2.75) is 42.6 Å². The lowest BCUT2D eigenvalue weighted by Crippen LogP contribution is -2.33. The summed E-state index contributed by atoms with van der Waals surface area (Å²) >= 11 is 2.11. The summed E-state index contributed by atoms with van der Waals surface area (Å²) in [5, 5.41) is 1.38. The molecule has 0 radical (unpaired) electrons. The Morgan fingerprint density at radius 1 is 1.25 bits per heavy atom. The van der Waals surface area contributed by atoms with Crippen molar-refractivity contribution in [1.29, 1.82) is 0 Å². The van der Waals surface area contributed by atoms with Crippen molar-refractivity contribution in [3.05, 3.63) is 30.5 Å². The SMILES string of the molecule is O=C(c1cnc2cnccn12)C1CC2CCCC(C1)S2. The Bertz CT molecular complexity index is 641. The van der Waals surface area contributed by atoms with E-state index in [2.05, 4.69) is 21.7 Å². The topological polar surface area (TPSA) is 47.3 Å². The van der Waals surface area contributed by atoms with Crippen LogP contribution in [0.15, 0.2) is 24.8 Å². The molecule has 2 unspecified atom stereocenters. The van der Waals surface area contributed by atoms with Crippen LogP contribution in [0.25, 0.3) is 5.65 Å². The molecule has 2 aromatic heterocycles. The number of Topliss-reactive ketones (excluding diaryl/α,β-unsaturated/α-hetero) is 1. The summed E-state index contributed by atoms with van der Waals surface area (Å²) in [5.74, 6) is 0.445. The smallest absolute Gasteiger partial charge is 0.184 e. The van der Waals surface area contributed by atoms with Crippen LogP contribution in [0.4, 0.5) is 0 Å². The molecule has 0 saturated carbocycles. The second kappa shape index (κ2) is 4.88. The van der Waals surface area contributed by atoms with E-state index in [1.807, 2.05) is 10.6 Å². The average Bonchev–Trinajstić information content (AvgIpc) is 2.90. The maximum Gasteiger partial charge on any atom is 0.184 e. The van der Waals surface area contributed by atoms with E-state index in [0.29, 0.717) is 10.5 Å². The highest BCUT2D eigenvalue weighted by Crippen LogP contribution is 2.44. The van der Waals surface area contributed by atoms with E-state index < -0.39 is 0 Å². The number of aromatic nitrogens is 3. The molecular formula is C15H17N3OS. The van der Waals surface area contributed by atoms with Crippen molar-refractivity contribution in [3.63, 3.8) is 0 Å². The number of hydrogen-bond acceptors (Lipinski definition) is 4. The zero-order valence-corrected chi connectivity index (χ0v) is 12.1. The molecule has 0 N–H and O–H groups in total. The third-order valence-electron chi connectivity index (χ3n) is 4.47. The van der Waals surface area contributed by atoms with Crippen LogP contribution in [-0.2, 0) is 0 Å². The van der Waals surface area contributed by atoms with Gasteiger partial charge >= 0.3 is 0 Å². The Labute approximate surface area is 122 Å². The first kappa shape index (κ1) is 12.4. The van der Waals surface area contributed by atoms with Crippen molar-refractivity contribution >= 4 is 23.2 Å². The number of carbonyl (C=O) groups is 1. The van der Waals surface area contributed by atoms with Crippen molar-refractivity contribution in [3.8, 4) is 0 Å². The highest BCUT2D eigenvalue weighted by Gasteiger charge is 2.36. The number of imidazole rings is 1. The lowest BCUT2D eigenvalue weighted by Gasteiger charge is -2.37. The van der Waals surface area contributed by atoms with Gasteiger partial charge in [-0.05, 0) is 25.7 Å². The predicted octanol–water partition coefficient (Wildman–Crippen LogP) is 2.98. The zero-order valence-electron chi connectivity index (χ0n) is 11.2. The normalized spacial score (nSPS) is 29.5. The maximum absolute atomic E-state index is 12.8. The number of hydrogen-bond donors (Lipinski definition) is 0. The summed E-state index contributed by atoms with van der Waals surface area (Å²) < 4.78 is 1.87. The van der Waals surface area contributed by atoms with Crippen LogP contribution >= 0.6 is 11.8 Å². The van der Waals surface area contributed by atoms with Gasteiger partial charge in [-0.1, -0.05) is 6.42 Å². The van der Waals surface area contributed by atoms with E-state index in [4.69, 9.17) is 0 Å². The number of carbonyl (C=O) groups excluding carboxylic acids is 1. The molecule has 2 aromatic rings. The fourth-order valence-corrected chi connectivity index (χ4v) is 5.34. The summed E-state index contributed by atoms with van der Waals surface area (Å²) in [7, 11) is 0. The van der Waals surface area contributed by atoms with Gasteiger partial charge in [0.2, 0.25) is 0 Å². The molecule has 104 valence electrons. The highest BCUT2D eigenvalue weighted by molar-refractivity contribution is 8.00. The summed E-state index contributed by atoms with van der Waals surface area (Å²) in [6, 6.07) is 0. The summed E-state index contributed by atoms with van der Waals surface area (Å²) in [6.07, 6.45) is 12.9. The van der Waals surface area contributed by atoms with E-state index in [-0.39, 0.29) is 11.7 Å². The fourth-order valence-electron chi connectivity index (χ4n) is 3.51. The van der Waals surface area contributed by atoms with Crippen LogP contribution < -0.4 is 0 Å². The van der Waals surface area contributed by atoms with Crippen LogP contribution in [0, 0.1) is 5.92 Å². The number of nitrogens with zero attached hydrogens (tertiary/aromatic N) is 3. The van der Waals surface area contributed by atoms with Gasteiger partial charge in [0.1, 0.15) is 5.69 Å². The molecule has 2 aliphatic heterocycles. The van der Waals surface area contributed by atoms with Gasteiger partial charge in [0.15, 0.2) is 11.4 Å². The Morgan fingerprint density at radius 2 is 2.05 bits per heavy atom. The van der Waals surface area contributed by atoms with Gasteiger partial charge in [0.05, 0.1) is 12.4 Å². The first-order valence-electron chi connectivity index (χ1n) is 7.28. The quantitative estimate of drug-likeness (QED) is 0.797. The van der Waals surface area contributed by atoms with Gasteiger partial charge in [-0.25, -0.2) is 4.98 Å². The lowest BCUT2D eigenvalue weighted by atomic mass is 9.86. The number of rotatable bonds is 2. The molecular weight excluding hydrogens is 270 g/mol. The predicted molar refractivity (Wildman–Crippen MR) is 79.1 cm³/mol. The average molecular weight is 287 g/mol. The fraction of sp³-hybridized carbons (Fsp3) is 0.533. The Kier molecular flexibility index (Phi) is 3.02. The molecule has 2 fully saturated rings. The number of ketones is 1. The van der Waals surface area contributed by atoms with E-state index in [0.717, 1.165) is 24.2 Å². The molecule has 20 heavy (non-hydrogen) atoms. The van der Waals surface area contributed by atoms with Crippen LogP contribution in [-0.4, -0.2) is 30.7 Å². The Morgan fingerprint density at radius 3 is 2.85 bits per heavy atom. The third kappa shape index (κ3) is 2.04. The van der Waals surface area contributed by atoms with Crippen molar-refractivity contribution < 1.29 is 4.79 Å². The van der Waals surface area contributed by atoms with E-state index in [9.17, 15) is 4.79 Å². The Balaban J connectivity index is 1.63. The van der Waals surface area contributed by atoms with E-state index in [1.165, 1.54) is 19.3 Å². The molecule has 2 aliphatic rings. The van der Waals surface area contributed by atoms with Crippen molar-refractivity contribution in [2.24, 2.45) is 5.92 Å². The molecule has 0 amide bonds. The van der Waals surface area contributed by atoms with Crippen LogP contribution in [0.1, 0.15) is 42.6 Å². The summed E-state index contributed by atoms with van der Waals surface area (Å²) in [4.78, 5) is 21.1. The minimum absolute atomic E-state index is 0.180. The third-order valence-corrected chi connectivity index (χ3v) is 6.10. The Hall–Kier alpha value is -1.36. The van der Waals surface area contributed by atoms with Crippen LogP contribution in [0.5, 0.6) is 0 Å². The van der Waals surface area contributed by atoms with Gasteiger partial charge in [-0.15, -0.1) is 0 Å². The van der Waals surface area contributed by atoms with Gasteiger partial charge in [0, 0.05) is 28.8 Å². The van der Waals surface area contributed by atoms with Crippen LogP contribution in [0.3, 0.4) is 0 Å². The van der Waals surface area contributed by atoms with Crippen molar-refractivity contribution in [2.75, 3.05) is 0 Å². The van der Waals surface area contributed by atoms with Gasteiger partial charge in [-0.3, -0.25) is 14.2 Å². The second-order valence-electron chi connectivity index (χ2n) is 5.79. The largest absolute Gasteiger partial charge is 0.294 e. The summed E-state index contributed by atoms with van der Waals surface area (Å²) in [5.41, 5.74) is 1.47. The second-order valence-corrected chi connectivity index (χ2v) is 7.40. The summed E-state index contributed by atoms with van der Waals surface area (Å²) in [6.45, 7) is 0. The molecule has 5 heteroatoms. The standard InChI is InChI=1S/C15H17N3OS/c19-15(10-6-11-2-1-3-12(7-10)20-11)13-8-17-14-9-16-4-5-18(13)14/h4-5,8-12H,1-3,6-7H2. The van der Waals surface area contributed by atoms with E-state index >= 15 is 0 Å². The molecule has 2 atom stereocenters. The van der Waals surface area contributed by atoms with E-state index in [1.54, 1.807) is 18.6 Å². The molecule has 2 bridgehead atoms. The molecule has 0 aromatic carbocycles. The lowest BCUT2D eigenvalue weighted by molar-refractivity contribution is 0.0890. The highest BCUT2D eigenvalue weighted by atomic mass is 32.2. The molecule has 2 saturated heterocycles. The number of fused-ring (bicyclic) bond motifs is 3. The zero-order chi connectivity index (χ0) is 13.5. The molecule has 0 aliphatic carbocycles. The maximum atomic E-state index is 12.8. The van der Waals surface area contributed by atoms with Crippen LogP contribution in [0.2, 0.25) is 0 Å². The molecule has 0 spiro atoms. The van der Waals surface area contributed by atoms with Gasteiger partial charge in [0.25, 0.3) is 0 Å². The molecule has 4 rings (SSSR count). The minimum Gasteiger partial charge on any atom is -0.294 e. The number of thioether (sulfide) groups is 1. The molecule has 4 heterocycles. The van der Waals surface area contributed by atoms with Gasteiger partial charge < -0.3 is 0 Å². The first-order valence-corrected chi connectivity index (χ1v) is 8.22. The molecule has 4 nitrogen and oxygen atoms in total. The monoisotopic (exact) mass is 287 g/mol. The van der Waals surface area contributed by atoms with Crippen molar-refractivity contribution in [1.82, 2.24) is 14.4 Å². The van der Waals surface area contributed by atoms with Gasteiger partial charge in [-0.2, -0.15) is 11.8 Å².